The molecule has 6 heteroatoms. The van der Waals surface area contributed by atoms with E-state index >= 15 is 0 Å². The molecule has 5 nitrogen and oxygen atoms in total. The minimum Gasteiger partial charge on any atom is -0.465 e. The average Bonchev–Trinajstić information content (AvgIpc) is 2.76. The van der Waals surface area contributed by atoms with Gasteiger partial charge in [-0.15, -0.1) is 11.3 Å². The lowest BCUT2D eigenvalue weighted by atomic mass is 10.1. The summed E-state index contributed by atoms with van der Waals surface area (Å²) in [6.45, 7) is 7.12. The largest absolute Gasteiger partial charge is 0.465 e. The molecule has 1 rings (SSSR count). The molecule has 2 N–H and O–H groups in total. The van der Waals surface area contributed by atoms with Crippen molar-refractivity contribution in [2.75, 3.05) is 25.5 Å². The Balaban J connectivity index is 2.78. The molecule has 0 aliphatic heterocycles. The summed E-state index contributed by atoms with van der Waals surface area (Å²) in [5.74, 6) is -0.690. The molecule has 106 valence electrons. The van der Waals surface area contributed by atoms with Gasteiger partial charge in [-0.2, -0.15) is 0 Å². The normalized spacial score (nSPS) is 12.0. The van der Waals surface area contributed by atoms with Gasteiger partial charge in [0.15, 0.2) is 0 Å². The highest BCUT2D eigenvalue weighted by Gasteiger charge is 2.20. The Morgan fingerprint density at radius 3 is 2.74 bits per heavy atom. The molecule has 19 heavy (non-hydrogen) atoms. The molecule has 0 saturated carbocycles. The molecule has 1 unspecified atom stereocenters. The number of rotatable bonds is 6. The van der Waals surface area contributed by atoms with E-state index < -0.39 is 5.97 Å². The van der Waals surface area contributed by atoms with Crippen LogP contribution < -0.4 is 10.6 Å². The Morgan fingerprint density at radius 1 is 1.47 bits per heavy atom. The van der Waals surface area contributed by atoms with E-state index in [0.29, 0.717) is 17.1 Å². The predicted octanol–water partition coefficient (Wildman–Crippen LogP) is 2.03. The van der Waals surface area contributed by atoms with E-state index in [0.717, 1.165) is 12.1 Å². The number of anilines is 1. The lowest BCUT2D eigenvalue weighted by Gasteiger charge is -2.13. The Bertz CT molecular complexity index is 457. The van der Waals surface area contributed by atoms with Gasteiger partial charge in [-0.05, 0) is 24.4 Å². The summed E-state index contributed by atoms with van der Waals surface area (Å²) in [6.07, 6.45) is 0. The molecule has 1 aromatic rings. The number of carbonyl (C=O) groups excluding carboxylic acids is 2. The molecule has 1 atom stereocenters. The van der Waals surface area contributed by atoms with Gasteiger partial charge in [-0.1, -0.05) is 13.8 Å². The van der Waals surface area contributed by atoms with Gasteiger partial charge < -0.3 is 15.4 Å². The summed E-state index contributed by atoms with van der Waals surface area (Å²) in [6, 6.07) is 0. The number of methoxy groups -OCH3 is 1. The van der Waals surface area contributed by atoms with E-state index in [2.05, 4.69) is 10.6 Å². The van der Waals surface area contributed by atoms with Gasteiger partial charge in [-0.25, -0.2) is 4.79 Å². The standard InChI is InChI=1S/C13H20N2O3S/c1-5-14-6-8(2)12(16)15-10-9(3)7-19-11(10)13(17)18-4/h7-8,14H,5-6H2,1-4H3,(H,15,16). The van der Waals surface area contributed by atoms with Gasteiger partial charge in [0.25, 0.3) is 0 Å². The second-order valence-corrected chi connectivity index (χ2v) is 5.19. The number of carbonyl (C=O) groups is 2. The Kier molecular flexibility index (Phi) is 5.98. The SMILES string of the molecule is CCNCC(C)C(=O)Nc1c(C)csc1C(=O)OC. The third-order valence-corrected chi connectivity index (χ3v) is 3.82. The zero-order valence-electron chi connectivity index (χ0n) is 11.7. The molecule has 0 radical (unpaired) electrons. The number of amides is 1. The molecule has 0 aliphatic carbocycles. The van der Waals surface area contributed by atoms with Gasteiger partial charge in [-0.3, -0.25) is 4.79 Å². The van der Waals surface area contributed by atoms with E-state index in [1.807, 2.05) is 26.2 Å². The minimum absolute atomic E-state index is 0.104. The van der Waals surface area contributed by atoms with Crippen molar-refractivity contribution in [3.05, 3.63) is 15.8 Å². The number of esters is 1. The number of thiophene rings is 1. The fourth-order valence-corrected chi connectivity index (χ4v) is 2.46. The Morgan fingerprint density at radius 2 is 2.16 bits per heavy atom. The van der Waals surface area contributed by atoms with Crippen molar-refractivity contribution < 1.29 is 14.3 Å². The second-order valence-electron chi connectivity index (χ2n) is 4.31. The van der Waals surface area contributed by atoms with Crippen LogP contribution in [0.15, 0.2) is 5.38 Å². The minimum atomic E-state index is -0.423. The van der Waals surface area contributed by atoms with Gasteiger partial charge >= 0.3 is 5.97 Å². The fraction of sp³-hybridized carbons (Fsp3) is 0.538. The fourth-order valence-electron chi connectivity index (χ4n) is 1.54. The molecule has 1 amide bonds. The third-order valence-electron chi connectivity index (χ3n) is 2.74. The van der Waals surface area contributed by atoms with Crippen molar-refractivity contribution in [2.24, 2.45) is 5.92 Å². The first-order valence-corrected chi connectivity index (χ1v) is 7.07. The maximum atomic E-state index is 12.0. The van der Waals surface area contributed by atoms with Crippen molar-refractivity contribution in [2.45, 2.75) is 20.8 Å². The van der Waals surface area contributed by atoms with Gasteiger partial charge in [0.2, 0.25) is 5.91 Å². The zero-order valence-corrected chi connectivity index (χ0v) is 12.5. The molecular weight excluding hydrogens is 264 g/mol. The van der Waals surface area contributed by atoms with Crippen LogP contribution in [-0.2, 0) is 9.53 Å². The van der Waals surface area contributed by atoms with Crippen molar-refractivity contribution in [1.29, 1.82) is 0 Å². The zero-order chi connectivity index (χ0) is 14.4. The summed E-state index contributed by atoms with van der Waals surface area (Å²) in [4.78, 5) is 24.1. The monoisotopic (exact) mass is 284 g/mol. The van der Waals surface area contributed by atoms with Crippen molar-refractivity contribution in [1.82, 2.24) is 5.32 Å². The van der Waals surface area contributed by atoms with E-state index in [1.165, 1.54) is 18.4 Å². The van der Waals surface area contributed by atoms with Gasteiger partial charge in [0.1, 0.15) is 4.88 Å². The summed E-state index contributed by atoms with van der Waals surface area (Å²) < 4.78 is 4.71. The highest BCUT2D eigenvalue weighted by molar-refractivity contribution is 7.12. The van der Waals surface area contributed by atoms with Crippen LogP contribution in [0.4, 0.5) is 5.69 Å². The van der Waals surface area contributed by atoms with Crippen molar-refractivity contribution in [3.63, 3.8) is 0 Å². The second kappa shape index (κ2) is 7.25. The van der Waals surface area contributed by atoms with Crippen LogP contribution in [0.1, 0.15) is 29.1 Å². The molecule has 0 saturated heterocycles. The number of aryl methyl sites for hydroxylation is 1. The van der Waals surface area contributed by atoms with Crippen LogP contribution in [0.3, 0.4) is 0 Å². The molecule has 0 spiro atoms. The predicted molar refractivity (Wildman–Crippen MR) is 76.7 cm³/mol. The van der Waals surface area contributed by atoms with E-state index in [-0.39, 0.29) is 11.8 Å². The highest BCUT2D eigenvalue weighted by Crippen LogP contribution is 2.28. The molecule has 0 bridgehead atoms. The van der Waals surface area contributed by atoms with E-state index in [9.17, 15) is 9.59 Å². The first kappa shape index (κ1) is 15.7. The number of ether oxygens (including phenoxy) is 1. The molecule has 0 aliphatic rings. The summed E-state index contributed by atoms with van der Waals surface area (Å²) >= 11 is 1.28. The molecule has 1 aromatic heterocycles. The van der Waals surface area contributed by atoms with E-state index in [4.69, 9.17) is 4.74 Å². The summed E-state index contributed by atoms with van der Waals surface area (Å²) in [7, 11) is 1.33. The average molecular weight is 284 g/mol. The van der Waals surface area contributed by atoms with Crippen LogP contribution in [0.2, 0.25) is 0 Å². The first-order valence-electron chi connectivity index (χ1n) is 6.19. The maximum Gasteiger partial charge on any atom is 0.350 e. The van der Waals surface area contributed by atoms with Crippen LogP contribution in [0.25, 0.3) is 0 Å². The van der Waals surface area contributed by atoms with Gasteiger partial charge in [0, 0.05) is 12.5 Å². The Hall–Kier alpha value is -1.40. The third kappa shape index (κ3) is 4.04. The molecule has 1 heterocycles. The molecule has 0 fully saturated rings. The summed E-state index contributed by atoms with van der Waals surface area (Å²) in [5.41, 5.74) is 1.43. The van der Waals surface area contributed by atoms with Crippen LogP contribution >= 0.6 is 11.3 Å². The quantitative estimate of drug-likeness (QED) is 0.784. The highest BCUT2D eigenvalue weighted by atomic mass is 32.1. The number of nitrogens with one attached hydrogen (secondary N) is 2. The first-order chi connectivity index (χ1) is 9.01. The topological polar surface area (TPSA) is 67.4 Å². The van der Waals surface area contributed by atoms with Crippen molar-refractivity contribution >= 4 is 28.9 Å². The van der Waals surface area contributed by atoms with Crippen LogP contribution in [-0.4, -0.2) is 32.1 Å². The van der Waals surface area contributed by atoms with Crippen molar-refractivity contribution in [3.8, 4) is 0 Å². The molecular formula is C13H20N2O3S. The smallest absolute Gasteiger partial charge is 0.350 e. The molecule has 0 aromatic carbocycles. The lowest BCUT2D eigenvalue weighted by molar-refractivity contribution is -0.119. The van der Waals surface area contributed by atoms with Crippen LogP contribution in [0, 0.1) is 12.8 Å². The van der Waals surface area contributed by atoms with E-state index in [1.54, 1.807) is 0 Å². The maximum absolute atomic E-state index is 12.0. The summed E-state index contributed by atoms with van der Waals surface area (Å²) in [5, 5.41) is 7.77. The van der Waals surface area contributed by atoms with Gasteiger partial charge in [0.05, 0.1) is 12.8 Å². The lowest BCUT2D eigenvalue weighted by Crippen LogP contribution is -2.30. The number of hydrogen-bond acceptors (Lipinski definition) is 5. The Labute approximate surface area is 117 Å². The number of hydrogen-bond donors (Lipinski definition) is 2. The van der Waals surface area contributed by atoms with Crippen LogP contribution in [0.5, 0.6) is 0 Å².